The van der Waals surface area contributed by atoms with Gasteiger partial charge >= 0.3 is 0 Å². The van der Waals surface area contributed by atoms with Crippen LogP contribution in [0.15, 0.2) is 24.3 Å². The average Bonchev–Trinajstić information content (AvgIpc) is 3.02. The number of likely N-dealkylation sites (N-methyl/N-ethyl adjacent to an activating group) is 1. The Hall–Kier alpha value is -2.04. The molecule has 2 amide bonds. The summed E-state index contributed by atoms with van der Waals surface area (Å²) in [5.74, 6) is -0.0918. The van der Waals surface area contributed by atoms with Crippen molar-refractivity contribution in [1.29, 1.82) is 0 Å². The van der Waals surface area contributed by atoms with Crippen molar-refractivity contribution in [2.45, 2.75) is 31.2 Å². The van der Waals surface area contributed by atoms with Crippen LogP contribution in [-0.2, 0) is 9.59 Å². The molecule has 0 spiro atoms. The van der Waals surface area contributed by atoms with E-state index in [1.54, 1.807) is 11.9 Å². The van der Waals surface area contributed by atoms with Crippen LogP contribution in [0.25, 0.3) is 0 Å². The molecule has 2 unspecified atom stereocenters. The summed E-state index contributed by atoms with van der Waals surface area (Å²) in [6, 6.07) is 7.66. The van der Waals surface area contributed by atoms with E-state index in [1.807, 2.05) is 24.3 Å². The minimum atomic E-state index is -0.301. The van der Waals surface area contributed by atoms with E-state index in [4.69, 9.17) is 0 Å². The molecule has 2 aliphatic heterocycles. The minimum absolute atomic E-state index is 0.0527. The monoisotopic (exact) mass is 287 g/mol. The molecule has 2 aliphatic rings. The first-order chi connectivity index (χ1) is 10.2. The number of fused-ring (bicyclic) bond motifs is 1. The second kappa shape index (κ2) is 5.76. The van der Waals surface area contributed by atoms with Gasteiger partial charge in [-0.15, -0.1) is 0 Å². The summed E-state index contributed by atoms with van der Waals surface area (Å²) >= 11 is 0. The van der Waals surface area contributed by atoms with Crippen LogP contribution < -0.4 is 10.6 Å². The summed E-state index contributed by atoms with van der Waals surface area (Å²) in [5.41, 5.74) is 2.09. The molecule has 1 aromatic rings. The zero-order valence-electron chi connectivity index (χ0n) is 12.3. The fourth-order valence-electron chi connectivity index (χ4n) is 3.39. The standard InChI is InChI=1S/C16H21N3O2/c1-17-15(20)14-7-4-10-19(14)16(21)12-8-9-18-13-6-3-2-5-11(12)13/h2-3,5-6,12,14,18H,4,7-10H2,1H3,(H,17,20). The molecule has 0 saturated carbocycles. The molecule has 0 bridgehead atoms. The first-order valence-electron chi connectivity index (χ1n) is 7.57. The lowest BCUT2D eigenvalue weighted by molar-refractivity contribution is -0.139. The summed E-state index contributed by atoms with van der Waals surface area (Å²) in [6.45, 7) is 1.48. The Kier molecular flexibility index (Phi) is 3.82. The lowest BCUT2D eigenvalue weighted by Gasteiger charge is -2.31. The quantitative estimate of drug-likeness (QED) is 0.862. The number of rotatable bonds is 2. The number of nitrogens with one attached hydrogen (secondary N) is 2. The van der Waals surface area contributed by atoms with Crippen LogP contribution in [-0.4, -0.2) is 42.9 Å². The maximum absolute atomic E-state index is 12.9. The van der Waals surface area contributed by atoms with Crippen LogP contribution in [0, 0.1) is 0 Å². The van der Waals surface area contributed by atoms with Gasteiger partial charge < -0.3 is 15.5 Å². The summed E-state index contributed by atoms with van der Waals surface area (Å²) in [7, 11) is 1.63. The smallest absolute Gasteiger partial charge is 0.242 e. The molecular formula is C16H21N3O2. The maximum Gasteiger partial charge on any atom is 0.242 e. The van der Waals surface area contributed by atoms with Crippen LogP contribution in [0.5, 0.6) is 0 Å². The molecule has 1 saturated heterocycles. The van der Waals surface area contributed by atoms with Crippen LogP contribution >= 0.6 is 0 Å². The number of hydrogen-bond donors (Lipinski definition) is 2. The molecule has 1 aromatic carbocycles. The van der Waals surface area contributed by atoms with Crippen molar-refractivity contribution in [1.82, 2.24) is 10.2 Å². The molecule has 2 heterocycles. The molecule has 1 fully saturated rings. The largest absolute Gasteiger partial charge is 0.385 e. The number of benzene rings is 1. The van der Waals surface area contributed by atoms with Gasteiger partial charge in [0.05, 0.1) is 5.92 Å². The van der Waals surface area contributed by atoms with Gasteiger partial charge in [-0.3, -0.25) is 9.59 Å². The van der Waals surface area contributed by atoms with Crippen LogP contribution in [0.4, 0.5) is 5.69 Å². The number of amides is 2. The lowest BCUT2D eigenvalue weighted by atomic mass is 9.89. The van der Waals surface area contributed by atoms with Crippen LogP contribution in [0.1, 0.15) is 30.7 Å². The van der Waals surface area contributed by atoms with E-state index in [1.165, 1.54) is 0 Å². The van der Waals surface area contributed by atoms with Crippen molar-refractivity contribution >= 4 is 17.5 Å². The van der Waals surface area contributed by atoms with Crippen molar-refractivity contribution < 1.29 is 9.59 Å². The number of carbonyl (C=O) groups excluding carboxylic acids is 2. The molecule has 2 N–H and O–H groups in total. The Morgan fingerprint density at radius 1 is 1.29 bits per heavy atom. The predicted molar refractivity (Wildman–Crippen MR) is 81.1 cm³/mol. The molecule has 112 valence electrons. The molecule has 3 rings (SSSR count). The number of likely N-dealkylation sites (tertiary alicyclic amines) is 1. The Bertz CT molecular complexity index is 558. The average molecular weight is 287 g/mol. The highest BCUT2D eigenvalue weighted by Gasteiger charge is 2.38. The van der Waals surface area contributed by atoms with E-state index in [9.17, 15) is 9.59 Å². The Labute approximate surface area is 124 Å². The SMILES string of the molecule is CNC(=O)C1CCCN1C(=O)C1CCNc2ccccc21. The Balaban J connectivity index is 1.84. The highest BCUT2D eigenvalue weighted by Crippen LogP contribution is 2.34. The van der Waals surface area contributed by atoms with Gasteiger partial charge in [0, 0.05) is 25.8 Å². The number of carbonyl (C=O) groups is 2. The molecule has 0 radical (unpaired) electrons. The van der Waals surface area contributed by atoms with Crippen molar-refractivity contribution in [2.75, 3.05) is 25.5 Å². The highest BCUT2D eigenvalue weighted by atomic mass is 16.2. The number of nitrogens with zero attached hydrogens (tertiary/aromatic N) is 1. The fraction of sp³-hybridized carbons (Fsp3) is 0.500. The van der Waals surface area contributed by atoms with Crippen molar-refractivity contribution in [3.8, 4) is 0 Å². The lowest BCUT2D eigenvalue weighted by Crippen LogP contribution is -2.47. The maximum atomic E-state index is 12.9. The first-order valence-corrected chi connectivity index (χ1v) is 7.57. The summed E-state index contributed by atoms with van der Waals surface area (Å²) in [5, 5.41) is 6.00. The highest BCUT2D eigenvalue weighted by molar-refractivity contribution is 5.92. The molecule has 2 atom stereocenters. The zero-order chi connectivity index (χ0) is 14.8. The second-order valence-electron chi connectivity index (χ2n) is 5.66. The van der Waals surface area contributed by atoms with E-state index < -0.39 is 0 Å². The molecular weight excluding hydrogens is 266 g/mol. The van der Waals surface area contributed by atoms with E-state index in [0.717, 1.165) is 37.1 Å². The van der Waals surface area contributed by atoms with Crippen LogP contribution in [0.3, 0.4) is 0 Å². The van der Waals surface area contributed by atoms with Gasteiger partial charge in [0.15, 0.2) is 0 Å². The summed E-state index contributed by atoms with van der Waals surface area (Å²) < 4.78 is 0. The second-order valence-corrected chi connectivity index (χ2v) is 5.66. The van der Waals surface area contributed by atoms with Crippen LogP contribution in [0.2, 0.25) is 0 Å². The van der Waals surface area contributed by atoms with Gasteiger partial charge in [0.2, 0.25) is 11.8 Å². The van der Waals surface area contributed by atoms with E-state index >= 15 is 0 Å². The van der Waals surface area contributed by atoms with Crippen molar-refractivity contribution in [3.63, 3.8) is 0 Å². The predicted octanol–water partition coefficient (Wildman–Crippen LogP) is 1.32. The topological polar surface area (TPSA) is 61.4 Å². The third-order valence-electron chi connectivity index (χ3n) is 4.47. The molecule has 5 nitrogen and oxygen atoms in total. The third-order valence-corrected chi connectivity index (χ3v) is 4.47. The minimum Gasteiger partial charge on any atom is -0.385 e. The molecule has 21 heavy (non-hydrogen) atoms. The number of para-hydroxylation sites is 1. The van der Waals surface area contributed by atoms with Gasteiger partial charge in [-0.25, -0.2) is 0 Å². The third kappa shape index (κ3) is 2.48. The zero-order valence-corrected chi connectivity index (χ0v) is 12.3. The Morgan fingerprint density at radius 2 is 2.10 bits per heavy atom. The molecule has 0 aromatic heterocycles. The molecule has 5 heteroatoms. The normalized spacial score (nSPS) is 24.1. The Morgan fingerprint density at radius 3 is 2.90 bits per heavy atom. The molecule has 0 aliphatic carbocycles. The van der Waals surface area contributed by atoms with Gasteiger partial charge in [-0.2, -0.15) is 0 Å². The van der Waals surface area contributed by atoms with E-state index in [2.05, 4.69) is 10.6 Å². The van der Waals surface area contributed by atoms with Crippen molar-refractivity contribution in [3.05, 3.63) is 29.8 Å². The van der Waals surface area contributed by atoms with Gasteiger partial charge in [-0.1, -0.05) is 18.2 Å². The summed E-state index contributed by atoms with van der Waals surface area (Å²) in [4.78, 5) is 26.6. The number of anilines is 1. The van der Waals surface area contributed by atoms with Crippen molar-refractivity contribution in [2.24, 2.45) is 0 Å². The fourth-order valence-corrected chi connectivity index (χ4v) is 3.39. The van der Waals surface area contributed by atoms with Gasteiger partial charge in [0.1, 0.15) is 6.04 Å². The summed E-state index contributed by atoms with van der Waals surface area (Å²) in [6.07, 6.45) is 2.45. The first kappa shape index (κ1) is 13.9. The number of hydrogen-bond acceptors (Lipinski definition) is 3. The van der Waals surface area contributed by atoms with E-state index in [0.29, 0.717) is 6.54 Å². The van der Waals surface area contributed by atoms with E-state index in [-0.39, 0.29) is 23.8 Å². The van der Waals surface area contributed by atoms with Gasteiger partial charge in [0.25, 0.3) is 0 Å². The van der Waals surface area contributed by atoms with Gasteiger partial charge in [-0.05, 0) is 30.9 Å².